The van der Waals surface area contributed by atoms with Gasteiger partial charge in [0.15, 0.2) is 17.0 Å². The van der Waals surface area contributed by atoms with Crippen molar-refractivity contribution in [2.75, 3.05) is 31.1 Å². The number of fused-ring (bicyclic) bond motifs is 1. The number of benzene rings is 1. The average molecular weight is 453 g/mol. The van der Waals surface area contributed by atoms with Crippen molar-refractivity contribution in [1.82, 2.24) is 35.0 Å². The van der Waals surface area contributed by atoms with Gasteiger partial charge in [-0.05, 0) is 19.9 Å². The Morgan fingerprint density at radius 3 is 2.69 bits per heavy atom. The molecule has 0 radical (unpaired) electrons. The predicted octanol–water partition coefficient (Wildman–Crippen LogP) is 2.82. The zero-order valence-corrected chi connectivity index (χ0v) is 18.5. The van der Waals surface area contributed by atoms with Crippen molar-refractivity contribution < 1.29 is 9.32 Å². The van der Waals surface area contributed by atoms with Crippen molar-refractivity contribution in [2.24, 2.45) is 0 Å². The first-order chi connectivity index (χ1) is 15.6. The van der Waals surface area contributed by atoms with E-state index in [1.165, 1.54) is 6.33 Å². The van der Waals surface area contributed by atoms with E-state index in [2.05, 4.69) is 30.3 Å². The van der Waals surface area contributed by atoms with Crippen LogP contribution in [0, 0.1) is 6.92 Å². The summed E-state index contributed by atoms with van der Waals surface area (Å²) in [7, 11) is 0. The maximum Gasteiger partial charge on any atom is 0.259 e. The summed E-state index contributed by atoms with van der Waals surface area (Å²) in [5.74, 6) is 1.09. The number of hydrogen-bond acceptors (Lipinski definition) is 8. The Bertz CT molecular complexity index is 1290. The number of amides is 1. The number of hydrogen-bond donors (Lipinski definition) is 0. The molecule has 0 saturated carbocycles. The van der Waals surface area contributed by atoms with E-state index in [1.54, 1.807) is 22.6 Å². The standard InChI is InChI=1S/C21H21ClN8O2/c1-3-30-20-18(25-27-30)19(23-12-24-20)28-8-10-29(11-9-28)21(31)16-13(2)32-26-17(16)14-6-4-5-7-15(14)22/h4-7,12H,3,8-11H2,1-2H3. The van der Waals surface area contributed by atoms with E-state index < -0.39 is 0 Å². The first-order valence-electron chi connectivity index (χ1n) is 10.4. The lowest BCUT2D eigenvalue weighted by atomic mass is 10.0. The van der Waals surface area contributed by atoms with E-state index in [9.17, 15) is 4.79 Å². The minimum absolute atomic E-state index is 0.122. The van der Waals surface area contributed by atoms with Gasteiger partial charge < -0.3 is 14.3 Å². The van der Waals surface area contributed by atoms with E-state index in [-0.39, 0.29) is 5.91 Å². The first kappa shape index (κ1) is 20.4. The molecule has 0 spiro atoms. The Balaban J connectivity index is 1.37. The Morgan fingerprint density at radius 2 is 1.94 bits per heavy atom. The maximum atomic E-state index is 13.4. The number of nitrogens with zero attached hydrogens (tertiary/aromatic N) is 8. The number of carbonyl (C=O) groups is 1. The van der Waals surface area contributed by atoms with Crippen molar-refractivity contribution in [2.45, 2.75) is 20.4 Å². The van der Waals surface area contributed by atoms with Crippen molar-refractivity contribution in [3.63, 3.8) is 0 Å². The normalized spacial score (nSPS) is 14.3. The van der Waals surface area contributed by atoms with Gasteiger partial charge in [0, 0.05) is 38.3 Å². The fourth-order valence-electron chi connectivity index (χ4n) is 3.96. The van der Waals surface area contributed by atoms with Crippen LogP contribution >= 0.6 is 11.6 Å². The van der Waals surface area contributed by atoms with Gasteiger partial charge in [0.05, 0.1) is 5.02 Å². The lowest BCUT2D eigenvalue weighted by Crippen LogP contribution is -2.49. The molecule has 0 atom stereocenters. The van der Waals surface area contributed by atoms with Crippen LogP contribution in [0.3, 0.4) is 0 Å². The molecule has 11 heteroatoms. The van der Waals surface area contributed by atoms with Gasteiger partial charge in [-0.1, -0.05) is 40.2 Å². The molecule has 1 saturated heterocycles. The van der Waals surface area contributed by atoms with Crippen molar-refractivity contribution in [3.8, 4) is 11.3 Å². The van der Waals surface area contributed by atoms with Gasteiger partial charge in [0.2, 0.25) is 0 Å². The summed E-state index contributed by atoms with van der Waals surface area (Å²) in [5.41, 5.74) is 2.97. The molecule has 0 bridgehead atoms. The number of aromatic nitrogens is 6. The van der Waals surface area contributed by atoms with Crippen molar-refractivity contribution >= 4 is 34.5 Å². The fourth-order valence-corrected chi connectivity index (χ4v) is 4.19. The van der Waals surface area contributed by atoms with Crippen LogP contribution < -0.4 is 4.90 Å². The zero-order chi connectivity index (χ0) is 22.2. The summed E-state index contributed by atoms with van der Waals surface area (Å²) >= 11 is 6.34. The molecule has 4 aromatic rings. The monoisotopic (exact) mass is 452 g/mol. The summed E-state index contributed by atoms with van der Waals surface area (Å²) < 4.78 is 7.11. The van der Waals surface area contributed by atoms with Gasteiger partial charge in [-0.2, -0.15) is 0 Å². The topological polar surface area (TPSA) is 106 Å². The second kappa shape index (κ2) is 8.19. The fraction of sp³-hybridized carbons (Fsp3) is 0.333. The number of carbonyl (C=O) groups excluding carboxylic acids is 1. The molecule has 1 amide bonds. The third-order valence-electron chi connectivity index (χ3n) is 5.65. The molecular formula is C21H21ClN8O2. The minimum Gasteiger partial charge on any atom is -0.360 e. The van der Waals surface area contributed by atoms with E-state index in [4.69, 9.17) is 16.1 Å². The maximum absolute atomic E-state index is 13.4. The first-order valence-corrected chi connectivity index (χ1v) is 10.8. The third kappa shape index (κ3) is 3.36. The molecule has 1 fully saturated rings. The number of piperazine rings is 1. The second-order valence-electron chi connectivity index (χ2n) is 7.50. The molecule has 5 rings (SSSR count). The molecule has 4 heterocycles. The highest BCUT2D eigenvalue weighted by molar-refractivity contribution is 6.33. The largest absolute Gasteiger partial charge is 0.360 e. The minimum atomic E-state index is -0.122. The average Bonchev–Trinajstić information content (AvgIpc) is 3.42. The van der Waals surface area contributed by atoms with E-state index in [0.29, 0.717) is 71.5 Å². The smallest absolute Gasteiger partial charge is 0.259 e. The van der Waals surface area contributed by atoms with Crippen LogP contribution in [0.5, 0.6) is 0 Å². The Hall–Kier alpha value is -3.53. The van der Waals surface area contributed by atoms with Crippen LogP contribution in [0.1, 0.15) is 23.0 Å². The van der Waals surface area contributed by atoms with Gasteiger partial charge in [0.25, 0.3) is 5.91 Å². The summed E-state index contributed by atoms with van der Waals surface area (Å²) in [5, 5.41) is 13.0. The van der Waals surface area contributed by atoms with Crippen LogP contribution in [0.15, 0.2) is 35.1 Å². The molecule has 0 unspecified atom stereocenters. The lowest BCUT2D eigenvalue weighted by molar-refractivity contribution is 0.0745. The van der Waals surface area contributed by atoms with E-state index >= 15 is 0 Å². The molecule has 10 nitrogen and oxygen atoms in total. The quantitative estimate of drug-likeness (QED) is 0.465. The molecule has 164 valence electrons. The van der Waals surface area contributed by atoms with Crippen molar-refractivity contribution in [1.29, 1.82) is 0 Å². The lowest BCUT2D eigenvalue weighted by Gasteiger charge is -2.35. The highest BCUT2D eigenvalue weighted by Gasteiger charge is 2.30. The summed E-state index contributed by atoms with van der Waals surface area (Å²) in [4.78, 5) is 26.0. The van der Waals surface area contributed by atoms with Crippen LogP contribution in [0.2, 0.25) is 5.02 Å². The molecule has 1 aromatic carbocycles. The molecule has 32 heavy (non-hydrogen) atoms. The molecule has 0 N–H and O–H groups in total. The van der Waals surface area contributed by atoms with E-state index in [0.717, 1.165) is 5.82 Å². The summed E-state index contributed by atoms with van der Waals surface area (Å²) in [6.07, 6.45) is 1.53. The van der Waals surface area contributed by atoms with Gasteiger partial charge in [-0.25, -0.2) is 14.6 Å². The molecule has 0 aliphatic carbocycles. The highest BCUT2D eigenvalue weighted by atomic mass is 35.5. The van der Waals surface area contributed by atoms with Gasteiger partial charge in [-0.3, -0.25) is 4.79 Å². The number of rotatable bonds is 4. The third-order valence-corrected chi connectivity index (χ3v) is 5.98. The zero-order valence-electron chi connectivity index (χ0n) is 17.7. The molecule has 1 aliphatic rings. The molecule has 3 aromatic heterocycles. The number of halogens is 1. The van der Waals surface area contributed by atoms with Crippen LogP contribution in [-0.2, 0) is 6.54 Å². The molecular weight excluding hydrogens is 432 g/mol. The van der Waals surface area contributed by atoms with Gasteiger partial charge >= 0.3 is 0 Å². The Kier molecular flexibility index (Phi) is 5.22. The highest BCUT2D eigenvalue weighted by Crippen LogP contribution is 2.32. The summed E-state index contributed by atoms with van der Waals surface area (Å²) in [6.45, 7) is 6.69. The second-order valence-corrected chi connectivity index (χ2v) is 7.90. The SMILES string of the molecule is CCn1nnc2c(N3CCN(C(=O)c4c(-c5ccccc5Cl)noc4C)CC3)ncnc21. The number of anilines is 1. The Labute approximate surface area is 188 Å². The van der Waals surface area contributed by atoms with E-state index in [1.807, 2.05) is 25.1 Å². The number of aryl methyl sites for hydroxylation is 2. The molecule has 1 aliphatic heterocycles. The van der Waals surface area contributed by atoms with Crippen LogP contribution in [0.4, 0.5) is 5.82 Å². The van der Waals surface area contributed by atoms with Gasteiger partial charge in [-0.15, -0.1) is 5.10 Å². The Morgan fingerprint density at radius 1 is 1.16 bits per heavy atom. The van der Waals surface area contributed by atoms with Crippen LogP contribution in [-0.4, -0.2) is 67.1 Å². The van der Waals surface area contributed by atoms with Gasteiger partial charge in [0.1, 0.15) is 23.3 Å². The predicted molar refractivity (Wildman–Crippen MR) is 119 cm³/mol. The summed E-state index contributed by atoms with van der Waals surface area (Å²) in [6, 6.07) is 7.29. The van der Waals surface area contributed by atoms with Crippen molar-refractivity contribution in [3.05, 3.63) is 46.9 Å². The van der Waals surface area contributed by atoms with Crippen LogP contribution in [0.25, 0.3) is 22.4 Å².